The Morgan fingerprint density at radius 1 is 1.10 bits per heavy atom. The molecule has 0 bridgehead atoms. The number of rotatable bonds is 4. The third kappa shape index (κ3) is 3.30. The highest BCUT2D eigenvalue weighted by Crippen LogP contribution is 2.39. The summed E-state index contributed by atoms with van der Waals surface area (Å²) in [6, 6.07) is 13.4. The summed E-state index contributed by atoms with van der Waals surface area (Å²) in [5.41, 5.74) is 1.68. The smallest absolute Gasteiger partial charge is 0.325 e. The Morgan fingerprint density at radius 3 is 2.57 bits per heavy atom. The Hall–Kier alpha value is -3.68. The van der Waals surface area contributed by atoms with Crippen molar-refractivity contribution in [3.63, 3.8) is 0 Å². The van der Waals surface area contributed by atoms with E-state index in [0.29, 0.717) is 17.7 Å². The first-order valence-corrected chi connectivity index (χ1v) is 9.79. The number of aryl methyl sites for hydroxylation is 1. The monoisotopic (exact) mass is 406 g/mol. The minimum atomic E-state index is -1.10. The number of carbonyl (C=O) groups excluding carboxylic acids is 4. The van der Waals surface area contributed by atoms with Gasteiger partial charge in [0.2, 0.25) is 5.91 Å². The molecular weight excluding hydrogens is 384 g/mol. The summed E-state index contributed by atoms with van der Waals surface area (Å²) in [5, 5.41) is 8.01. The van der Waals surface area contributed by atoms with Crippen LogP contribution in [-0.4, -0.2) is 42.2 Å². The van der Waals surface area contributed by atoms with Crippen LogP contribution in [0, 0.1) is 0 Å². The molecule has 154 valence electrons. The molecule has 4 rings (SSSR count). The zero-order valence-electron chi connectivity index (χ0n) is 16.5. The molecule has 1 aliphatic heterocycles. The molecule has 3 N–H and O–H groups in total. The van der Waals surface area contributed by atoms with Crippen LogP contribution >= 0.6 is 0 Å². The quantitative estimate of drug-likeness (QED) is 0.673. The van der Waals surface area contributed by atoms with Gasteiger partial charge in [-0.15, -0.1) is 0 Å². The molecule has 0 unspecified atom stereocenters. The molecule has 1 aliphatic carbocycles. The second kappa shape index (κ2) is 7.62. The summed E-state index contributed by atoms with van der Waals surface area (Å²) < 4.78 is 0. The minimum Gasteiger partial charge on any atom is -0.355 e. The van der Waals surface area contributed by atoms with Gasteiger partial charge < -0.3 is 16.0 Å². The zero-order chi connectivity index (χ0) is 21.3. The van der Waals surface area contributed by atoms with Crippen molar-refractivity contribution in [3.05, 3.63) is 65.2 Å². The lowest BCUT2D eigenvalue weighted by Gasteiger charge is -2.33. The molecule has 1 heterocycles. The number of amides is 5. The fraction of sp³-hybridized carbons (Fsp3) is 0.273. The van der Waals surface area contributed by atoms with Crippen molar-refractivity contribution in [2.75, 3.05) is 18.9 Å². The molecule has 2 aromatic carbocycles. The molecular formula is C22H22N4O4. The van der Waals surface area contributed by atoms with E-state index in [1.165, 1.54) is 7.05 Å². The highest BCUT2D eigenvalue weighted by atomic mass is 16.2. The highest BCUT2D eigenvalue weighted by molar-refractivity contribution is 6.10. The Kier molecular flexibility index (Phi) is 4.99. The van der Waals surface area contributed by atoms with Crippen LogP contribution in [0.5, 0.6) is 0 Å². The second-order valence-electron chi connectivity index (χ2n) is 7.44. The zero-order valence-corrected chi connectivity index (χ0v) is 16.5. The lowest BCUT2D eigenvalue weighted by atomic mass is 9.76. The van der Waals surface area contributed by atoms with Gasteiger partial charge in [-0.05, 0) is 54.7 Å². The molecule has 8 nitrogen and oxygen atoms in total. The molecule has 2 aromatic rings. The Morgan fingerprint density at radius 2 is 1.83 bits per heavy atom. The maximum Gasteiger partial charge on any atom is 0.325 e. The van der Waals surface area contributed by atoms with Gasteiger partial charge in [0.15, 0.2) is 0 Å². The third-order valence-electron chi connectivity index (χ3n) is 5.61. The van der Waals surface area contributed by atoms with E-state index >= 15 is 0 Å². The van der Waals surface area contributed by atoms with Crippen LogP contribution in [0.3, 0.4) is 0 Å². The van der Waals surface area contributed by atoms with Crippen molar-refractivity contribution >= 4 is 29.4 Å². The van der Waals surface area contributed by atoms with Crippen molar-refractivity contribution in [2.24, 2.45) is 0 Å². The maximum atomic E-state index is 13.2. The topological polar surface area (TPSA) is 108 Å². The largest absolute Gasteiger partial charge is 0.355 e. The standard InChI is InChI=1S/C22H22N4O4/c1-23-19(28)15-8-10-16(11-9-15)24-18(27)13-26-20(29)22(25-21(26)30)12-4-6-14-5-2-3-7-17(14)22/h2-3,5,7-11H,4,6,12-13H2,1H3,(H,23,28)(H,24,27)(H,25,30)/t22-/m1/s1. The number of hydrogen-bond acceptors (Lipinski definition) is 4. The van der Waals surface area contributed by atoms with E-state index in [4.69, 9.17) is 0 Å². The second-order valence-corrected chi connectivity index (χ2v) is 7.44. The number of urea groups is 1. The van der Waals surface area contributed by atoms with Crippen LogP contribution in [0.1, 0.15) is 34.3 Å². The first-order valence-electron chi connectivity index (χ1n) is 9.79. The number of nitrogens with zero attached hydrogens (tertiary/aromatic N) is 1. The van der Waals surface area contributed by atoms with Crippen molar-refractivity contribution in [2.45, 2.75) is 24.8 Å². The summed E-state index contributed by atoms with van der Waals surface area (Å²) in [7, 11) is 1.54. The molecule has 2 aliphatic rings. The van der Waals surface area contributed by atoms with Gasteiger partial charge >= 0.3 is 6.03 Å². The van der Waals surface area contributed by atoms with E-state index in [9.17, 15) is 19.2 Å². The van der Waals surface area contributed by atoms with Gasteiger partial charge in [-0.1, -0.05) is 24.3 Å². The number of benzene rings is 2. The van der Waals surface area contributed by atoms with Crippen LogP contribution < -0.4 is 16.0 Å². The van der Waals surface area contributed by atoms with Gasteiger partial charge in [-0.25, -0.2) is 4.79 Å². The minimum absolute atomic E-state index is 0.231. The SMILES string of the molecule is CNC(=O)c1ccc(NC(=O)CN2C(=O)N[C@@]3(CCCc4ccccc43)C2=O)cc1. The van der Waals surface area contributed by atoms with Gasteiger partial charge in [0.05, 0.1) is 0 Å². The number of imide groups is 1. The Bertz CT molecular complexity index is 1030. The first kappa shape index (κ1) is 19.6. The van der Waals surface area contributed by atoms with Crippen LogP contribution in [0.4, 0.5) is 10.5 Å². The van der Waals surface area contributed by atoms with Gasteiger partial charge in [0, 0.05) is 18.3 Å². The van der Waals surface area contributed by atoms with Crippen molar-refractivity contribution in [3.8, 4) is 0 Å². The Balaban J connectivity index is 1.48. The van der Waals surface area contributed by atoms with Gasteiger partial charge in [-0.3, -0.25) is 19.3 Å². The van der Waals surface area contributed by atoms with E-state index in [1.807, 2.05) is 24.3 Å². The molecule has 1 spiro atoms. The average Bonchev–Trinajstić information content (AvgIpc) is 2.98. The van der Waals surface area contributed by atoms with E-state index in [0.717, 1.165) is 28.9 Å². The molecule has 1 saturated heterocycles. The lowest BCUT2D eigenvalue weighted by Crippen LogP contribution is -2.47. The number of hydrogen-bond donors (Lipinski definition) is 3. The van der Waals surface area contributed by atoms with Crippen molar-refractivity contribution < 1.29 is 19.2 Å². The van der Waals surface area contributed by atoms with Crippen molar-refractivity contribution in [1.29, 1.82) is 0 Å². The molecule has 5 amide bonds. The predicted molar refractivity (Wildman–Crippen MR) is 110 cm³/mol. The lowest BCUT2D eigenvalue weighted by molar-refractivity contribution is -0.134. The van der Waals surface area contributed by atoms with Gasteiger partial charge in [-0.2, -0.15) is 0 Å². The van der Waals surface area contributed by atoms with Crippen molar-refractivity contribution in [1.82, 2.24) is 15.5 Å². The third-order valence-corrected chi connectivity index (χ3v) is 5.61. The summed E-state index contributed by atoms with van der Waals surface area (Å²) in [6.07, 6.45) is 2.14. The molecule has 0 aromatic heterocycles. The molecule has 0 saturated carbocycles. The van der Waals surface area contributed by atoms with Crippen LogP contribution in [0.25, 0.3) is 0 Å². The van der Waals surface area contributed by atoms with Gasteiger partial charge in [0.1, 0.15) is 12.1 Å². The van der Waals surface area contributed by atoms with Crippen LogP contribution in [0.2, 0.25) is 0 Å². The first-order chi connectivity index (χ1) is 14.4. The molecule has 1 atom stereocenters. The van der Waals surface area contributed by atoms with E-state index in [1.54, 1.807) is 24.3 Å². The summed E-state index contributed by atoms with van der Waals surface area (Å²) in [6.45, 7) is -0.383. The molecule has 8 heteroatoms. The Labute approximate surface area is 173 Å². The highest BCUT2D eigenvalue weighted by Gasteiger charge is 2.54. The maximum absolute atomic E-state index is 13.2. The van der Waals surface area contributed by atoms with E-state index < -0.39 is 23.4 Å². The predicted octanol–water partition coefficient (Wildman–Crippen LogP) is 1.77. The number of carbonyl (C=O) groups is 4. The number of fused-ring (bicyclic) bond motifs is 2. The average molecular weight is 406 g/mol. The van der Waals surface area contributed by atoms with Crippen LogP contribution in [-0.2, 0) is 21.5 Å². The number of nitrogens with one attached hydrogen (secondary N) is 3. The van der Waals surface area contributed by atoms with E-state index in [-0.39, 0.29) is 12.5 Å². The normalized spacial score (nSPS) is 20.0. The van der Waals surface area contributed by atoms with E-state index in [2.05, 4.69) is 16.0 Å². The fourth-order valence-electron chi connectivity index (χ4n) is 4.15. The summed E-state index contributed by atoms with van der Waals surface area (Å²) in [5.74, 6) is -1.12. The van der Waals surface area contributed by atoms with Crippen LogP contribution in [0.15, 0.2) is 48.5 Å². The summed E-state index contributed by atoms with van der Waals surface area (Å²) >= 11 is 0. The fourth-order valence-corrected chi connectivity index (χ4v) is 4.15. The molecule has 1 fully saturated rings. The summed E-state index contributed by atoms with van der Waals surface area (Å²) in [4.78, 5) is 50.8. The molecule has 0 radical (unpaired) electrons. The molecule has 30 heavy (non-hydrogen) atoms. The van der Waals surface area contributed by atoms with Gasteiger partial charge in [0.25, 0.3) is 11.8 Å². The number of anilines is 1.